The smallest absolute Gasteiger partial charge is 0.418 e. The first kappa shape index (κ1) is 22.3. The molecule has 0 amide bonds. The number of para-hydroxylation sites is 2. The van der Waals surface area contributed by atoms with Crippen molar-refractivity contribution in [2.45, 2.75) is 26.9 Å². The number of aryl methyl sites for hydroxylation is 2. The third-order valence-electron chi connectivity index (χ3n) is 4.69. The van der Waals surface area contributed by atoms with Crippen molar-refractivity contribution >= 4 is 48.9 Å². The fourth-order valence-corrected chi connectivity index (χ4v) is 6.15. The van der Waals surface area contributed by atoms with Crippen molar-refractivity contribution in [3.8, 4) is 0 Å². The monoisotopic (exact) mass is 476 g/mol. The summed E-state index contributed by atoms with van der Waals surface area (Å²) in [6.45, 7) is 6.49. The van der Waals surface area contributed by atoms with Gasteiger partial charge in [-0.15, -0.1) is 0 Å². The third kappa shape index (κ3) is 5.39. The normalized spacial score (nSPS) is 12.1. The molecule has 0 saturated heterocycles. The van der Waals surface area contributed by atoms with Crippen LogP contribution in [0.3, 0.4) is 0 Å². The van der Waals surface area contributed by atoms with Crippen molar-refractivity contribution in [2.24, 2.45) is 0 Å². The number of fused-ring (bicyclic) bond motifs is 2. The molecule has 0 N–H and O–H groups in total. The molecule has 0 bridgehead atoms. The van der Waals surface area contributed by atoms with Gasteiger partial charge in [0.1, 0.15) is 0 Å². The van der Waals surface area contributed by atoms with Crippen LogP contribution >= 0.6 is 0 Å². The van der Waals surface area contributed by atoms with E-state index in [0.717, 1.165) is 13.1 Å². The molecule has 0 aliphatic rings. The summed E-state index contributed by atoms with van der Waals surface area (Å²) >= 11 is -0.0750. The maximum Gasteiger partial charge on any atom is 0.673 e. The number of hydrogen-bond acceptors (Lipinski definition) is 0. The molecule has 8 heteroatoms. The van der Waals surface area contributed by atoms with Gasteiger partial charge in [-0.2, -0.15) is 0 Å². The minimum absolute atomic E-state index is 0.0750. The van der Waals surface area contributed by atoms with Crippen molar-refractivity contribution in [1.82, 2.24) is 4.57 Å². The van der Waals surface area contributed by atoms with Crippen LogP contribution in [0, 0.1) is 4.08 Å². The van der Waals surface area contributed by atoms with E-state index in [-0.39, 0.29) is 15.3 Å². The molecule has 4 aromatic rings. The number of pyridine rings is 2. The van der Waals surface area contributed by atoms with E-state index in [1.165, 1.54) is 30.4 Å². The first-order valence-electron chi connectivity index (χ1n) is 9.74. The van der Waals surface area contributed by atoms with Gasteiger partial charge in [0.25, 0.3) is 0 Å². The van der Waals surface area contributed by atoms with Crippen LogP contribution < -0.4 is 9.05 Å². The Morgan fingerprint density at radius 3 is 2.07 bits per heavy atom. The molecular formula is C22H22AsBF4N2. The van der Waals surface area contributed by atoms with E-state index >= 15 is 0 Å². The number of rotatable bonds is 3. The Kier molecular flexibility index (Phi) is 7.14. The van der Waals surface area contributed by atoms with Crippen molar-refractivity contribution in [1.29, 1.82) is 0 Å². The number of benzene rings is 2. The van der Waals surface area contributed by atoms with Gasteiger partial charge in [-0.05, 0) is 0 Å². The van der Waals surface area contributed by atoms with Crippen LogP contribution in [0.5, 0.6) is 0 Å². The zero-order valence-corrected chi connectivity index (χ0v) is 18.6. The fourth-order valence-electron chi connectivity index (χ4n) is 3.48. The van der Waals surface area contributed by atoms with Crippen LogP contribution in [0.2, 0.25) is 0 Å². The summed E-state index contributed by atoms with van der Waals surface area (Å²) in [4.78, 5) is 0. The van der Waals surface area contributed by atoms with Gasteiger partial charge in [0.2, 0.25) is 0 Å². The van der Waals surface area contributed by atoms with Gasteiger partial charge in [-0.25, -0.2) is 0 Å². The summed E-state index contributed by atoms with van der Waals surface area (Å²) < 4.78 is 46.9. The van der Waals surface area contributed by atoms with Crippen LogP contribution in [0.4, 0.5) is 17.3 Å². The van der Waals surface area contributed by atoms with Gasteiger partial charge in [0.05, 0.1) is 0 Å². The molecule has 0 atom stereocenters. The molecule has 156 valence electrons. The van der Waals surface area contributed by atoms with Gasteiger partial charge < -0.3 is 17.3 Å². The van der Waals surface area contributed by atoms with E-state index in [1.807, 2.05) is 0 Å². The molecule has 0 aliphatic carbocycles. The first-order valence-corrected chi connectivity index (χ1v) is 11.6. The quantitative estimate of drug-likeness (QED) is 0.224. The summed E-state index contributed by atoms with van der Waals surface area (Å²) in [6, 6.07) is 26.5. The Morgan fingerprint density at radius 2 is 1.40 bits per heavy atom. The van der Waals surface area contributed by atoms with Crippen molar-refractivity contribution in [3.05, 3.63) is 76.9 Å². The van der Waals surface area contributed by atoms with E-state index in [4.69, 9.17) is 0 Å². The SMILES string of the molecule is CCn1c(=[As]c2ccc3ccccc3[n+]2CC)ccc2ccccc21.F[B-](F)(F)F. The molecule has 0 radical (unpaired) electrons. The number of nitrogens with zero attached hydrogens (tertiary/aromatic N) is 2. The maximum absolute atomic E-state index is 9.75. The topological polar surface area (TPSA) is 8.81 Å². The second-order valence-corrected chi connectivity index (χ2v) is 8.99. The van der Waals surface area contributed by atoms with Gasteiger partial charge in [-0.1, -0.05) is 0 Å². The minimum atomic E-state index is -6.00. The molecule has 30 heavy (non-hydrogen) atoms. The first-order chi connectivity index (χ1) is 14.3. The molecule has 2 heterocycles. The molecule has 0 unspecified atom stereocenters. The van der Waals surface area contributed by atoms with Crippen LogP contribution in [0.25, 0.3) is 21.8 Å². The fraction of sp³-hybridized carbons (Fsp3) is 0.182. The van der Waals surface area contributed by atoms with Gasteiger partial charge in [0.15, 0.2) is 0 Å². The summed E-state index contributed by atoms with van der Waals surface area (Å²) in [5, 5.41) is 2.63. The average molecular weight is 476 g/mol. The predicted molar refractivity (Wildman–Crippen MR) is 116 cm³/mol. The third-order valence-corrected chi connectivity index (χ3v) is 7.29. The molecule has 0 fully saturated rings. The molecule has 2 aromatic heterocycles. The Bertz CT molecular complexity index is 1230. The zero-order valence-electron chi connectivity index (χ0n) is 16.8. The average Bonchev–Trinajstić information content (AvgIpc) is 2.72. The summed E-state index contributed by atoms with van der Waals surface area (Å²) in [7, 11) is -6.00. The van der Waals surface area contributed by atoms with E-state index in [0.29, 0.717) is 0 Å². The van der Waals surface area contributed by atoms with Crippen LogP contribution in [0.1, 0.15) is 13.8 Å². The van der Waals surface area contributed by atoms with Crippen LogP contribution in [-0.2, 0) is 13.1 Å². The largest absolute Gasteiger partial charge is 0.673 e. The molecule has 0 aliphatic heterocycles. The van der Waals surface area contributed by atoms with Gasteiger partial charge in [0, 0.05) is 0 Å². The number of hydrogen-bond donors (Lipinski definition) is 0. The number of halogens is 4. The standard InChI is InChI=1S/C22H22AsN2.BF4/c1-3-24-19-11-7-5-9-17(19)13-15-21(24)23-22-16-14-18-10-6-8-12-20(18)25(22)4-2;2-1(3,4)5/h5-16H,3-4H2,1-2H3;/q+1;-1. The summed E-state index contributed by atoms with van der Waals surface area (Å²) in [5.41, 5.74) is 2.67. The number of aromatic nitrogens is 2. The Labute approximate surface area is 179 Å². The second kappa shape index (κ2) is 9.61. The van der Waals surface area contributed by atoms with Crippen molar-refractivity contribution in [3.63, 3.8) is 0 Å². The van der Waals surface area contributed by atoms with Gasteiger partial charge >= 0.3 is 162 Å². The predicted octanol–water partition coefficient (Wildman–Crippen LogP) is 4.98. The van der Waals surface area contributed by atoms with E-state index in [9.17, 15) is 17.3 Å². The van der Waals surface area contributed by atoms with E-state index in [1.54, 1.807) is 0 Å². The molecule has 4 rings (SSSR count). The molecular weight excluding hydrogens is 454 g/mol. The molecule has 0 spiro atoms. The van der Waals surface area contributed by atoms with E-state index in [2.05, 4.69) is 95.8 Å². The Hall–Kier alpha value is -2.40. The van der Waals surface area contributed by atoms with Gasteiger partial charge in [-0.3, -0.25) is 0 Å². The maximum atomic E-state index is 9.75. The summed E-state index contributed by atoms with van der Waals surface area (Å²) in [6.07, 6.45) is 0. The van der Waals surface area contributed by atoms with Crippen molar-refractivity contribution in [2.75, 3.05) is 0 Å². The van der Waals surface area contributed by atoms with Crippen LogP contribution in [-0.4, -0.2) is 27.1 Å². The molecule has 2 aromatic carbocycles. The van der Waals surface area contributed by atoms with Crippen LogP contribution in [0.15, 0.2) is 72.8 Å². The molecule has 0 saturated carbocycles. The zero-order chi connectivity index (χ0) is 21.7. The second-order valence-electron chi connectivity index (χ2n) is 6.60. The van der Waals surface area contributed by atoms with E-state index < -0.39 is 7.25 Å². The Morgan fingerprint density at radius 1 is 0.800 bits per heavy atom. The Balaban J connectivity index is 0.000000461. The summed E-state index contributed by atoms with van der Waals surface area (Å²) in [5.74, 6) is 0. The minimum Gasteiger partial charge on any atom is -0.418 e. The molecule has 2 nitrogen and oxygen atoms in total. The van der Waals surface area contributed by atoms with Crippen molar-refractivity contribution < 1.29 is 21.8 Å².